The van der Waals surface area contributed by atoms with Gasteiger partial charge in [0.25, 0.3) is 5.78 Å². The molecule has 0 saturated heterocycles. The summed E-state index contributed by atoms with van der Waals surface area (Å²) >= 11 is 0. The third-order valence-corrected chi connectivity index (χ3v) is 2.56. The van der Waals surface area contributed by atoms with Crippen molar-refractivity contribution in [3.8, 4) is 0 Å². The maximum absolute atomic E-state index is 12.5. The molecule has 2 heterocycles. The average molecular weight is 256 g/mol. The second-order valence-electron chi connectivity index (χ2n) is 4.26. The lowest BCUT2D eigenvalue weighted by Crippen LogP contribution is -2.23. The van der Waals surface area contributed by atoms with E-state index in [1.54, 1.807) is 18.3 Å². The molecule has 2 aromatic heterocycles. The summed E-state index contributed by atoms with van der Waals surface area (Å²) in [5.41, 5.74) is -0.352. The predicted molar refractivity (Wildman–Crippen MR) is 59.7 cm³/mol. The quantitative estimate of drug-likeness (QED) is 0.773. The second kappa shape index (κ2) is 4.12. The van der Waals surface area contributed by atoms with E-state index in [1.807, 2.05) is 13.8 Å². The van der Waals surface area contributed by atoms with Gasteiger partial charge < -0.3 is 4.40 Å². The van der Waals surface area contributed by atoms with Crippen molar-refractivity contribution in [1.82, 2.24) is 9.38 Å². The van der Waals surface area contributed by atoms with Gasteiger partial charge in [0.1, 0.15) is 11.5 Å². The monoisotopic (exact) mass is 256 g/mol. The molecule has 0 aliphatic carbocycles. The van der Waals surface area contributed by atoms with Gasteiger partial charge in [-0.1, -0.05) is 19.9 Å². The predicted octanol–water partition coefficient (Wildman–Crippen LogP) is 3.20. The molecule has 0 saturated carbocycles. The number of fused-ring (bicyclic) bond motifs is 1. The summed E-state index contributed by atoms with van der Waals surface area (Å²) in [4.78, 5) is 15.2. The SMILES string of the molecule is CC(C)c1nc(C(=O)C(F)(F)F)c2ccccn12. The van der Waals surface area contributed by atoms with E-state index in [-0.39, 0.29) is 11.4 Å². The topological polar surface area (TPSA) is 34.4 Å². The zero-order valence-electron chi connectivity index (χ0n) is 9.82. The first kappa shape index (κ1) is 12.6. The fourth-order valence-electron chi connectivity index (χ4n) is 1.77. The van der Waals surface area contributed by atoms with Gasteiger partial charge >= 0.3 is 6.18 Å². The summed E-state index contributed by atoms with van der Waals surface area (Å²) in [5.74, 6) is -1.54. The molecule has 3 nitrogen and oxygen atoms in total. The molecule has 6 heteroatoms. The second-order valence-corrected chi connectivity index (χ2v) is 4.26. The standard InChI is InChI=1S/C12H11F3N2O/c1-7(2)11-16-9(10(18)12(13,14)15)8-5-3-4-6-17(8)11/h3-7H,1-2H3. The lowest BCUT2D eigenvalue weighted by atomic mass is 10.2. The van der Waals surface area contributed by atoms with Crippen molar-refractivity contribution < 1.29 is 18.0 Å². The number of halogens is 3. The Bertz CT molecular complexity index is 599. The summed E-state index contributed by atoms with van der Waals surface area (Å²) in [5, 5.41) is 0. The number of rotatable bonds is 2. The number of aromatic nitrogens is 2. The molecule has 18 heavy (non-hydrogen) atoms. The van der Waals surface area contributed by atoms with Crippen LogP contribution in [0.4, 0.5) is 13.2 Å². The molecule has 0 unspecified atom stereocenters. The van der Waals surface area contributed by atoms with Gasteiger partial charge in [0, 0.05) is 12.1 Å². The Morgan fingerprint density at radius 2 is 2.00 bits per heavy atom. The highest BCUT2D eigenvalue weighted by Crippen LogP contribution is 2.26. The molecule has 0 aliphatic heterocycles. The van der Waals surface area contributed by atoms with Crippen molar-refractivity contribution in [2.24, 2.45) is 0 Å². The molecule has 0 bridgehead atoms. The number of carbonyl (C=O) groups excluding carboxylic acids is 1. The van der Waals surface area contributed by atoms with Crippen LogP contribution in [0.2, 0.25) is 0 Å². The zero-order chi connectivity index (χ0) is 13.5. The van der Waals surface area contributed by atoms with Gasteiger partial charge in [-0.15, -0.1) is 0 Å². The molecule has 0 fully saturated rings. The smallest absolute Gasteiger partial charge is 0.303 e. The van der Waals surface area contributed by atoms with Crippen LogP contribution in [-0.2, 0) is 0 Å². The van der Waals surface area contributed by atoms with Gasteiger partial charge in [0.15, 0.2) is 0 Å². The third kappa shape index (κ3) is 1.98. The highest BCUT2D eigenvalue weighted by atomic mass is 19.4. The van der Waals surface area contributed by atoms with Crippen molar-refractivity contribution in [2.75, 3.05) is 0 Å². The van der Waals surface area contributed by atoms with E-state index in [4.69, 9.17) is 0 Å². The normalized spacial score (nSPS) is 12.3. The van der Waals surface area contributed by atoms with Crippen LogP contribution in [0.1, 0.15) is 36.1 Å². The Labute approximate surface area is 101 Å². The van der Waals surface area contributed by atoms with E-state index in [2.05, 4.69) is 4.98 Å². The summed E-state index contributed by atoms with van der Waals surface area (Å²) in [6.45, 7) is 3.62. The zero-order valence-corrected chi connectivity index (χ0v) is 9.82. The number of nitrogens with zero attached hydrogens (tertiary/aromatic N) is 2. The molecular weight excluding hydrogens is 245 g/mol. The largest absolute Gasteiger partial charge is 0.456 e. The van der Waals surface area contributed by atoms with E-state index in [0.29, 0.717) is 5.82 Å². The van der Waals surface area contributed by atoms with E-state index in [1.165, 1.54) is 10.5 Å². The van der Waals surface area contributed by atoms with Crippen LogP contribution in [0.15, 0.2) is 24.4 Å². The highest BCUT2D eigenvalue weighted by molar-refractivity contribution is 6.04. The maximum Gasteiger partial charge on any atom is 0.456 e. The Morgan fingerprint density at radius 3 is 2.56 bits per heavy atom. The molecule has 0 aromatic carbocycles. The van der Waals surface area contributed by atoms with Crippen molar-refractivity contribution in [3.05, 3.63) is 35.9 Å². The van der Waals surface area contributed by atoms with Crippen LogP contribution in [0.3, 0.4) is 0 Å². The van der Waals surface area contributed by atoms with Gasteiger partial charge in [0.05, 0.1) is 5.52 Å². The van der Waals surface area contributed by atoms with Crippen molar-refractivity contribution in [3.63, 3.8) is 0 Å². The van der Waals surface area contributed by atoms with E-state index >= 15 is 0 Å². The lowest BCUT2D eigenvalue weighted by Gasteiger charge is -2.02. The lowest BCUT2D eigenvalue weighted by molar-refractivity contribution is -0.0887. The summed E-state index contributed by atoms with van der Waals surface area (Å²) in [6, 6.07) is 4.72. The first-order valence-electron chi connectivity index (χ1n) is 5.41. The van der Waals surface area contributed by atoms with Crippen LogP contribution in [-0.4, -0.2) is 21.3 Å². The van der Waals surface area contributed by atoms with Crippen LogP contribution in [0.5, 0.6) is 0 Å². The number of hydrogen-bond acceptors (Lipinski definition) is 2. The van der Waals surface area contributed by atoms with Gasteiger partial charge in [-0.3, -0.25) is 4.79 Å². The van der Waals surface area contributed by atoms with Gasteiger partial charge in [-0.05, 0) is 12.1 Å². The summed E-state index contributed by atoms with van der Waals surface area (Å²) in [7, 11) is 0. The molecule has 2 rings (SSSR count). The molecule has 0 aliphatic rings. The third-order valence-electron chi connectivity index (χ3n) is 2.56. The van der Waals surface area contributed by atoms with Crippen LogP contribution in [0, 0.1) is 0 Å². The number of alkyl halides is 3. The van der Waals surface area contributed by atoms with Crippen LogP contribution >= 0.6 is 0 Å². The number of carbonyl (C=O) groups is 1. The van der Waals surface area contributed by atoms with Crippen LogP contribution in [0.25, 0.3) is 5.52 Å². The number of hydrogen-bond donors (Lipinski definition) is 0. The first-order chi connectivity index (χ1) is 8.32. The Hall–Kier alpha value is -1.85. The minimum Gasteiger partial charge on any atom is -0.303 e. The Balaban J connectivity index is 2.69. The van der Waals surface area contributed by atoms with Crippen LogP contribution < -0.4 is 0 Å². The summed E-state index contributed by atoms with van der Waals surface area (Å²) < 4.78 is 38.9. The molecule has 2 aromatic rings. The molecule has 0 atom stereocenters. The molecule has 0 spiro atoms. The maximum atomic E-state index is 12.5. The molecule has 0 radical (unpaired) electrons. The Morgan fingerprint density at radius 1 is 1.33 bits per heavy atom. The molecule has 96 valence electrons. The highest BCUT2D eigenvalue weighted by Gasteiger charge is 2.42. The van der Waals surface area contributed by atoms with E-state index in [0.717, 1.165) is 0 Å². The van der Waals surface area contributed by atoms with Crippen molar-refractivity contribution >= 4 is 11.3 Å². The number of Topliss-reactive ketones (excluding diaryl/α,β-unsaturated/α-hetero) is 1. The van der Waals surface area contributed by atoms with E-state index < -0.39 is 17.7 Å². The number of pyridine rings is 1. The van der Waals surface area contributed by atoms with Gasteiger partial charge in [0.2, 0.25) is 0 Å². The Kier molecular flexibility index (Phi) is 2.88. The minimum absolute atomic E-state index is 0.0744. The first-order valence-corrected chi connectivity index (χ1v) is 5.41. The number of ketones is 1. The molecule has 0 N–H and O–H groups in total. The number of imidazole rings is 1. The van der Waals surface area contributed by atoms with Crippen molar-refractivity contribution in [2.45, 2.75) is 25.9 Å². The molecular formula is C12H11F3N2O. The molecule has 0 amide bonds. The average Bonchev–Trinajstić information content (AvgIpc) is 2.66. The van der Waals surface area contributed by atoms with Gasteiger partial charge in [-0.25, -0.2) is 4.98 Å². The fourth-order valence-corrected chi connectivity index (χ4v) is 1.77. The minimum atomic E-state index is -4.90. The fraction of sp³-hybridized carbons (Fsp3) is 0.333. The van der Waals surface area contributed by atoms with E-state index in [9.17, 15) is 18.0 Å². The van der Waals surface area contributed by atoms with Crippen molar-refractivity contribution in [1.29, 1.82) is 0 Å². The van der Waals surface area contributed by atoms with Gasteiger partial charge in [-0.2, -0.15) is 13.2 Å². The summed E-state index contributed by atoms with van der Waals surface area (Å²) in [6.07, 6.45) is -3.30.